The molecule has 1 aromatic carbocycles. The van der Waals surface area contributed by atoms with E-state index in [-0.39, 0.29) is 18.4 Å². The fourth-order valence-corrected chi connectivity index (χ4v) is 3.85. The number of nitrogens with zero attached hydrogens (tertiary/aromatic N) is 2. The van der Waals surface area contributed by atoms with E-state index in [9.17, 15) is 14.4 Å². The topological polar surface area (TPSA) is 91.5 Å². The molecule has 2 saturated heterocycles. The summed E-state index contributed by atoms with van der Waals surface area (Å²) < 4.78 is 10.1. The quantitative estimate of drug-likeness (QED) is 0.467. The second-order valence-electron chi connectivity index (χ2n) is 8.51. The third-order valence-corrected chi connectivity index (χ3v) is 5.52. The molecule has 0 aromatic heterocycles. The lowest BCUT2D eigenvalue weighted by atomic mass is 10.0. The Morgan fingerprint density at radius 2 is 1.77 bits per heavy atom. The van der Waals surface area contributed by atoms with E-state index in [1.54, 1.807) is 6.92 Å². The molecule has 0 unspecified atom stereocenters. The fourth-order valence-electron chi connectivity index (χ4n) is 3.85. The molecular weight excluding hydrogens is 398 g/mol. The molecule has 3 rings (SSSR count). The first kappa shape index (κ1) is 23.2. The van der Waals surface area contributed by atoms with Gasteiger partial charge in [-0.1, -0.05) is 44.2 Å². The number of nitrogens with one attached hydrogen (secondary N) is 1. The molecule has 31 heavy (non-hydrogen) atoms. The van der Waals surface area contributed by atoms with Crippen molar-refractivity contribution in [2.24, 2.45) is 5.92 Å². The van der Waals surface area contributed by atoms with Gasteiger partial charge in [0, 0.05) is 32.7 Å². The van der Waals surface area contributed by atoms with E-state index in [2.05, 4.69) is 22.3 Å². The van der Waals surface area contributed by atoms with E-state index in [0.717, 1.165) is 19.6 Å². The summed E-state index contributed by atoms with van der Waals surface area (Å²) in [6, 6.07) is 9.66. The van der Waals surface area contributed by atoms with Crippen LogP contribution >= 0.6 is 0 Å². The van der Waals surface area contributed by atoms with Crippen molar-refractivity contribution in [3.8, 4) is 0 Å². The highest BCUT2D eigenvalue weighted by Gasteiger charge is 2.52. The van der Waals surface area contributed by atoms with E-state index in [4.69, 9.17) is 9.47 Å². The van der Waals surface area contributed by atoms with Crippen molar-refractivity contribution < 1.29 is 23.9 Å². The number of ether oxygens (including phenoxy) is 2. The van der Waals surface area contributed by atoms with Gasteiger partial charge in [-0.2, -0.15) is 0 Å². The number of carbonyl (C=O) groups excluding carboxylic acids is 3. The van der Waals surface area contributed by atoms with Gasteiger partial charge < -0.3 is 19.7 Å². The standard InChI is InChI=1S/C23H33N3O5/c1-4-30-23(29)20-19(31-20)21(27)24-18(14-16(2)3)22(28)26-12-10-25(11-13-26)15-17-8-6-5-7-9-17/h5-9,16,18-20H,4,10-15H2,1-3H3,(H,24,27)/t18-,19+,20+/m0/s1. The van der Waals surface area contributed by atoms with Gasteiger partial charge in [-0.15, -0.1) is 0 Å². The molecule has 0 bridgehead atoms. The number of rotatable bonds is 9. The second kappa shape index (κ2) is 10.7. The van der Waals surface area contributed by atoms with Gasteiger partial charge in [-0.25, -0.2) is 4.79 Å². The third kappa shape index (κ3) is 6.51. The predicted molar refractivity (Wildman–Crippen MR) is 115 cm³/mol. The number of epoxide rings is 1. The molecule has 8 nitrogen and oxygen atoms in total. The molecule has 2 fully saturated rings. The highest BCUT2D eigenvalue weighted by atomic mass is 16.6. The van der Waals surface area contributed by atoms with Crippen molar-refractivity contribution in [3.63, 3.8) is 0 Å². The first-order valence-electron chi connectivity index (χ1n) is 11.1. The number of esters is 1. The Labute approximate surface area is 183 Å². The summed E-state index contributed by atoms with van der Waals surface area (Å²) in [6.07, 6.45) is -1.20. The highest BCUT2D eigenvalue weighted by molar-refractivity contribution is 5.95. The zero-order valence-electron chi connectivity index (χ0n) is 18.6. The van der Waals surface area contributed by atoms with Crippen molar-refractivity contribution in [1.29, 1.82) is 0 Å². The Bertz CT molecular complexity index is 762. The maximum Gasteiger partial charge on any atom is 0.338 e. The number of piperazine rings is 1. The maximum atomic E-state index is 13.2. The Kier molecular flexibility index (Phi) is 8.03. The summed E-state index contributed by atoms with van der Waals surface area (Å²) in [5.41, 5.74) is 1.26. The normalized spacial score (nSPS) is 22.1. The number of amides is 2. The Hall–Kier alpha value is -2.45. The molecule has 0 spiro atoms. The van der Waals surface area contributed by atoms with Crippen LogP contribution in [0.2, 0.25) is 0 Å². The van der Waals surface area contributed by atoms with E-state index in [1.165, 1.54) is 5.56 Å². The van der Waals surface area contributed by atoms with Gasteiger partial charge in [0.15, 0.2) is 12.2 Å². The average molecular weight is 432 g/mol. The minimum absolute atomic E-state index is 0.0743. The van der Waals surface area contributed by atoms with Gasteiger partial charge in [0.05, 0.1) is 6.61 Å². The Morgan fingerprint density at radius 3 is 2.39 bits per heavy atom. The lowest BCUT2D eigenvalue weighted by molar-refractivity contribution is -0.144. The van der Waals surface area contributed by atoms with Crippen molar-refractivity contribution >= 4 is 17.8 Å². The summed E-state index contributed by atoms with van der Waals surface area (Å²) >= 11 is 0. The number of hydrogen-bond acceptors (Lipinski definition) is 6. The van der Waals surface area contributed by atoms with E-state index in [0.29, 0.717) is 19.5 Å². The van der Waals surface area contributed by atoms with Crippen molar-refractivity contribution in [1.82, 2.24) is 15.1 Å². The summed E-state index contributed by atoms with van der Waals surface area (Å²) in [7, 11) is 0. The number of carbonyl (C=O) groups is 3. The van der Waals surface area contributed by atoms with Crippen LogP contribution in [-0.4, -0.2) is 78.6 Å². The van der Waals surface area contributed by atoms with Gasteiger partial charge in [-0.3, -0.25) is 14.5 Å². The van der Waals surface area contributed by atoms with Gasteiger partial charge in [0.1, 0.15) is 6.04 Å². The smallest absolute Gasteiger partial charge is 0.338 e. The zero-order chi connectivity index (χ0) is 22.4. The minimum atomic E-state index is -0.871. The lowest BCUT2D eigenvalue weighted by Crippen LogP contribution is -2.55. The zero-order valence-corrected chi connectivity index (χ0v) is 18.6. The van der Waals surface area contributed by atoms with E-state index in [1.807, 2.05) is 36.9 Å². The predicted octanol–water partition coefficient (Wildman–Crippen LogP) is 1.19. The molecule has 1 aromatic rings. The van der Waals surface area contributed by atoms with Crippen molar-refractivity contribution in [2.45, 2.75) is 52.0 Å². The van der Waals surface area contributed by atoms with Gasteiger partial charge in [-0.05, 0) is 24.8 Å². The van der Waals surface area contributed by atoms with Crippen LogP contribution < -0.4 is 5.32 Å². The molecule has 0 aliphatic carbocycles. The highest BCUT2D eigenvalue weighted by Crippen LogP contribution is 2.24. The Morgan fingerprint density at radius 1 is 1.10 bits per heavy atom. The molecule has 3 atom stereocenters. The largest absolute Gasteiger partial charge is 0.464 e. The first-order chi connectivity index (χ1) is 14.9. The van der Waals surface area contributed by atoms with Crippen LogP contribution in [0.3, 0.4) is 0 Å². The van der Waals surface area contributed by atoms with Crippen molar-refractivity contribution in [3.05, 3.63) is 35.9 Å². The average Bonchev–Trinajstić information content (AvgIpc) is 3.55. The van der Waals surface area contributed by atoms with Crippen molar-refractivity contribution in [2.75, 3.05) is 32.8 Å². The van der Waals surface area contributed by atoms with Crippen LogP contribution in [0.1, 0.15) is 32.8 Å². The molecule has 2 aliphatic rings. The molecule has 1 N–H and O–H groups in total. The van der Waals surface area contributed by atoms with Crippen LogP contribution in [0.4, 0.5) is 0 Å². The Balaban J connectivity index is 1.52. The molecule has 8 heteroatoms. The van der Waals surface area contributed by atoms with Crippen LogP contribution in [0.5, 0.6) is 0 Å². The van der Waals surface area contributed by atoms with Crippen LogP contribution in [0.15, 0.2) is 30.3 Å². The van der Waals surface area contributed by atoms with Gasteiger partial charge in [0.25, 0.3) is 5.91 Å². The fraction of sp³-hybridized carbons (Fsp3) is 0.609. The minimum Gasteiger partial charge on any atom is -0.464 e. The molecule has 2 amide bonds. The first-order valence-corrected chi connectivity index (χ1v) is 11.1. The molecule has 0 radical (unpaired) electrons. The van der Waals surface area contributed by atoms with Crippen LogP contribution in [0.25, 0.3) is 0 Å². The molecule has 2 aliphatic heterocycles. The maximum absolute atomic E-state index is 13.2. The van der Waals surface area contributed by atoms with Crippen LogP contribution in [-0.2, 0) is 30.4 Å². The van der Waals surface area contributed by atoms with Crippen LogP contribution in [0, 0.1) is 5.92 Å². The molecule has 0 saturated carbocycles. The second-order valence-corrected chi connectivity index (χ2v) is 8.51. The number of hydrogen-bond donors (Lipinski definition) is 1. The SMILES string of the molecule is CCOC(=O)[C@@H]1O[C@H]1C(=O)N[C@@H](CC(C)C)C(=O)N1CCN(Cc2ccccc2)CC1. The summed E-state index contributed by atoms with van der Waals surface area (Å²) in [5.74, 6) is -0.812. The number of benzene rings is 1. The van der Waals surface area contributed by atoms with Gasteiger partial charge in [0.2, 0.25) is 5.91 Å². The molecule has 170 valence electrons. The molecular formula is C23H33N3O5. The van der Waals surface area contributed by atoms with E-state index >= 15 is 0 Å². The molecule has 2 heterocycles. The van der Waals surface area contributed by atoms with E-state index < -0.39 is 30.1 Å². The van der Waals surface area contributed by atoms with Gasteiger partial charge >= 0.3 is 5.97 Å². The summed E-state index contributed by atoms with van der Waals surface area (Å²) in [4.78, 5) is 41.6. The lowest BCUT2D eigenvalue weighted by Gasteiger charge is -2.36. The monoisotopic (exact) mass is 431 g/mol. The summed E-state index contributed by atoms with van der Waals surface area (Å²) in [5, 5.41) is 2.81. The third-order valence-electron chi connectivity index (χ3n) is 5.52. The summed E-state index contributed by atoms with van der Waals surface area (Å²) in [6.45, 7) is 9.66.